The van der Waals surface area contributed by atoms with Gasteiger partial charge in [-0.05, 0) is 36.4 Å². The molecule has 0 aliphatic carbocycles. The third-order valence-corrected chi connectivity index (χ3v) is 3.40. The average molecular weight is 345 g/mol. The number of aromatic carboxylic acids is 1. The Balaban J connectivity index is 2.37. The van der Waals surface area contributed by atoms with E-state index in [1.165, 1.54) is 24.3 Å². The lowest BCUT2D eigenvalue weighted by Crippen LogP contribution is -2.15. The van der Waals surface area contributed by atoms with E-state index in [0.717, 1.165) is 0 Å². The van der Waals surface area contributed by atoms with E-state index in [9.17, 15) is 9.59 Å². The molecule has 0 fully saturated rings. The number of amides is 1. The van der Waals surface area contributed by atoms with Gasteiger partial charge in [0, 0.05) is 15.6 Å². The van der Waals surface area contributed by atoms with Crippen molar-refractivity contribution in [3.63, 3.8) is 0 Å². The maximum Gasteiger partial charge on any atom is 0.337 e. The van der Waals surface area contributed by atoms with Crippen LogP contribution >= 0.6 is 34.8 Å². The molecule has 2 N–H and O–H groups in total. The zero-order valence-corrected chi connectivity index (χ0v) is 12.6. The highest BCUT2D eigenvalue weighted by Crippen LogP contribution is 2.30. The zero-order chi connectivity index (χ0) is 15.6. The molecule has 0 bridgehead atoms. The van der Waals surface area contributed by atoms with Crippen LogP contribution in [0.5, 0.6) is 0 Å². The molecule has 0 aliphatic rings. The van der Waals surface area contributed by atoms with Gasteiger partial charge in [0.2, 0.25) is 0 Å². The molecule has 0 aliphatic heterocycles. The van der Waals surface area contributed by atoms with Gasteiger partial charge in [0.1, 0.15) is 0 Å². The van der Waals surface area contributed by atoms with Gasteiger partial charge >= 0.3 is 5.97 Å². The standard InChI is InChI=1S/C14H8Cl3NO3/c15-8-3-1-7(2-4-8)13(19)18-12-10(14(20)21)5-9(16)6-11(12)17/h1-6H,(H,18,19)(H,20,21). The number of nitrogens with one attached hydrogen (secondary N) is 1. The number of hydrogen-bond donors (Lipinski definition) is 2. The van der Waals surface area contributed by atoms with Crippen molar-refractivity contribution >= 4 is 52.4 Å². The second-order valence-corrected chi connectivity index (χ2v) is 5.36. The number of carboxylic acid groups (broad SMARTS) is 1. The van der Waals surface area contributed by atoms with Crippen LogP contribution in [0, 0.1) is 0 Å². The lowest BCUT2D eigenvalue weighted by molar-refractivity contribution is 0.0698. The van der Waals surface area contributed by atoms with Crippen LogP contribution in [0.15, 0.2) is 36.4 Å². The maximum absolute atomic E-state index is 12.1. The van der Waals surface area contributed by atoms with Gasteiger partial charge in [-0.1, -0.05) is 34.8 Å². The number of anilines is 1. The van der Waals surface area contributed by atoms with Crippen LogP contribution in [0.25, 0.3) is 0 Å². The molecule has 0 saturated heterocycles. The van der Waals surface area contributed by atoms with Gasteiger partial charge in [0.15, 0.2) is 0 Å². The minimum Gasteiger partial charge on any atom is -0.478 e. The molecule has 4 nitrogen and oxygen atoms in total. The first-order valence-electron chi connectivity index (χ1n) is 5.67. The van der Waals surface area contributed by atoms with Crippen LogP contribution < -0.4 is 5.32 Å². The molecule has 0 unspecified atom stereocenters. The Kier molecular flexibility index (Phi) is 4.73. The van der Waals surface area contributed by atoms with E-state index in [4.69, 9.17) is 39.9 Å². The molecule has 2 aromatic carbocycles. The molecule has 0 aromatic heterocycles. The van der Waals surface area contributed by atoms with Crippen LogP contribution in [-0.4, -0.2) is 17.0 Å². The first-order valence-corrected chi connectivity index (χ1v) is 6.81. The molecule has 0 saturated carbocycles. The fraction of sp³-hybridized carbons (Fsp3) is 0. The first-order chi connectivity index (χ1) is 9.88. The third-order valence-electron chi connectivity index (χ3n) is 2.63. The minimum atomic E-state index is -1.24. The second-order valence-electron chi connectivity index (χ2n) is 4.08. The fourth-order valence-electron chi connectivity index (χ4n) is 1.66. The molecule has 0 heterocycles. The molecule has 2 aromatic rings. The third kappa shape index (κ3) is 3.67. The summed E-state index contributed by atoms with van der Waals surface area (Å²) >= 11 is 17.5. The van der Waals surface area contributed by atoms with Crippen LogP contribution in [0.1, 0.15) is 20.7 Å². The summed E-state index contributed by atoms with van der Waals surface area (Å²) in [4.78, 5) is 23.3. The van der Waals surface area contributed by atoms with Crippen molar-refractivity contribution in [1.82, 2.24) is 0 Å². The van der Waals surface area contributed by atoms with Crippen LogP contribution in [0.3, 0.4) is 0 Å². The van der Waals surface area contributed by atoms with E-state index in [1.807, 2.05) is 0 Å². The maximum atomic E-state index is 12.1. The van der Waals surface area contributed by atoms with Gasteiger partial charge in [0.25, 0.3) is 5.91 Å². The SMILES string of the molecule is O=C(Nc1c(Cl)cc(Cl)cc1C(=O)O)c1ccc(Cl)cc1. The van der Waals surface area contributed by atoms with Crippen molar-refractivity contribution in [3.8, 4) is 0 Å². The predicted molar refractivity (Wildman–Crippen MR) is 82.8 cm³/mol. The fourth-order valence-corrected chi connectivity index (χ4v) is 2.32. The first kappa shape index (κ1) is 15.6. The second kappa shape index (κ2) is 6.35. The molecule has 21 heavy (non-hydrogen) atoms. The Morgan fingerprint density at radius 3 is 2.14 bits per heavy atom. The van der Waals surface area contributed by atoms with E-state index in [1.54, 1.807) is 12.1 Å². The summed E-state index contributed by atoms with van der Waals surface area (Å²) in [6.07, 6.45) is 0. The number of hydrogen-bond acceptors (Lipinski definition) is 2. The molecule has 1 amide bonds. The minimum absolute atomic E-state index is 0.00600. The number of carbonyl (C=O) groups excluding carboxylic acids is 1. The largest absolute Gasteiger partial charge is 0.478 e. The van der Waals surface area contributed by atoms with Crippen LogP contribution in [0.4, 0.5) is 5.69 Å². The van der Waals surface area contributed by atoms with E-state index in [0.29, 0.717) is 10.6 Å². The molecule has 108 valence electrons. The van der Waals surface area contributed by atoms with Crippen molar-refractivity contribution in [3.05, 3.63) is 62.6 Å². The molecule has 2 rings (SSSR count). The van der Waals surface area contributed by atoms with Gasteiger partial charge < -0.3 is 10.4 Å². The van der Waals surface area contributed by atoms with Gasteiger partial charge in [-0.3, -0.25) is 4.79 Å². The molecular formula is C14H8Cl3NO3. The van der Waals surface area contributed by atoms with E-state index in [2.05, 4.69) is 5.32 Å². The quantitative estimate of drug-likeness (QED) is 0.855. The van der Waals surface area contributed by atoms with Crippen LogP contribution in [0.2, 0.25) is 15.1 Å². The van der Waals surface area contributed by atoms with Gasteiger partial charge in [0.05, 0.1) is 16.3 Å². The van der Waals surface area contributed by atoms with E-state index < -0.39 is 11.9 Å². The van der Waals surface area contributed by atoms with Crippen molar-refractivity contribution in [2.24, 2.45) is 0 Å². The van der Waals surface area contributed by atoms with Crippen molar-refractivity contribution in [2.75, 3.05) is 5.32 Å². The average Bonchev–Trinajstić information content (AvgIpc) is 2.41. The summed E-state index contributed by atoms with van der Waals surface area (Å²) in [6.45, 7) is 0. The highest BCUT2D eigenvalue weighted by Gasteiger charge is 2.18. The van der Waals surface area contributed by atoms with Crippen molar-refractivity contribution in [2.45, 2.75) is 0 Å². The monoisotopic (exact) mass is 343 g/mol. The molecule has 0 radical (unpaired) electrons. The van der Waals surface area contributed by atoms with Crippen molar-refractivity contribution in [1.29, 1.82) is 0 Å². The Bertz CT molecular complexity index is 714. The zero-order valence-electron chi connectivity index (χ0n) is 10.4. The number of carboxylic acids is 1. The lowest BCUT2D eigenvalue weighted by Gasteiger charge is -2.11. The number of carbonyl (C=O) groups is 2. The molecular weight excluding hydrogens is 337 g/mol. The Morgan fingerprint density at radius 1 is 0.952 bits per heavy atom. The highest BCUT2D eigenvalue weighted by atomic mass is 35.5. The van der Waals surface area contributed by atoms with Gasteiger partial charge in [-0.2, -0.15) is 0 Å². The lowest BCUT2D eigenvalue weighted by atomic mass is 10.1. The van der Waals surface area contributed by atoms with Gasteiger partial charge in [-0.15, -0.1) is 0 Å². The summed E-state index contributed by atoms with van der Waals surface area (Å²) in [6, 6.07) is 8.71. The van der Waals surface area contributed by atoms with Crippen LogP contribution in [-0.2, 0) is 0 Å². The van der Waals surface area contributed by atoms with Gasteiger partial charge in [-0.25, -0.2) is 4.79 Å². The smallest absolute Gasteiger partial charge is 0.337 e. The summed E-state index contributed by atoms with van der Waals surface area (Å²) in [5.74, 6) is -1.75. The summed E-state index contributed by atoms with van der Waals surface area (Å²) < 4.78 is 0. The predicted octanol–water partition coefficient (Wildman–Crippen LogP) is 4.60. The molecule has 0 atom stereocenters. The summed E-state index contributed by atoms with van der Waals surface area (Å²) in [7, 11) is 0. The number of rotatable bonds is 3. The topological polar surface area (TPSA) is 66.4 Å². The highest BCUT2D eigenvalue weighted by molar-refractivity contribution is 6.38. The number of benzene rings is 2. The summed E-state index contributed by atoms with van der Waals surface area (Å²) in [5, 5.41) is 12.3. The molecule has 7 heteroatoms. The van der Waals surface area contributed by atoms with Crippen molar-refractivity contribution < 1.29 is 14.7 Å². The van der Waals surface area contributed by atoms with E-state index >= 15 is 0 Å². The van der Waals surface area contributed by atoms with E-state index in [-0.39, 0.29) is 21.3 Å². The normalized spacial score (nSPS) is 10.2. The Morgan fingerprint density at radius 2 is 1.57 bits per heavy atom. The Labute approximate surface area is 135 Å². The number of halogens is 3. The summed E-state index contributed by atoms with van der Waals surface area (Å²) in [5.41, 5.74) is 0.130. The Hall–Kier alpha value is -1.75. The molecule has 0 spiro atoms.